The molecule has 1 aliphatic heterocycles. The Hall–Kier alpha value is -0.120. The molecule has 3 nitrogen and oxygen atoms in total. The van der Waals surface area contributed by atoms with E-state index in [2.05, 4.69) is 17.1 Å². The third-order valence-corrected chi connectivity index (χ3v) is 4.95. The fourth-order valence-corrected chi connectivity index (χ4v) is 3.63. The van der Waals surface area contributed by atoms with Gasteiger partial charge in [-0.1, -0.05) is 25.7 Å². The summed E-state index contributed by atoms with van der Waals surface area (Å²) in [6, 6.07) is 0.561. The van der Waals surface area contributed by atoms with Gasteiger partial charge in [0.15, 0.2) is 0 Å². The van der Waals surface area contributed by atoms with Crippen LogP contribution in [0.5, 0.6) is 0 Å². The van der Waals surface area contributed by atoms with E-state index in [-0.39, 0.29) is 6.10 Å². The lowest BCUT2D eigenvalue weighted by molar-refractivity contribution is 0.117. The quantitative estimate of drug-likeness (QED) is 0.726. The molecule has 1 heterocycles. The largest absolute Gasteiger partial charge is 0.390 e. The van der Waals surface area contributed by atoms with Crippen molar-refractivity contribution in [3.63, 3.8) is 0 Å². The summed E-state index contributed by atoms with van der Waals surface area (Å²) in [6.07, 6.45) is 10.8. The minimum atomic E-state index is -0.202. The number of likely N-dealkylation sites (tertiary alicyclic amines) is 1. The summed E-state index contributed by atoms with van der Waals surface area (Å²) in [5.41, 5.74) is 0. The van der Waals surface area contributed by atoms with Gasteiger partial charge >= 0.3 is 0 Å². The van der Waals surface area contributed by atoms with Crippen LogP contribution in [0.4, 0.5) is 0 Å². The Morgan fingerprint density at radius 2 is 1.68 bits per heavy atom. The minimum Gasteiger partial charge on any atom is -0.390 e. The predicted molar refractivity (Wildman–Crippen MR) is 80.3 cm³/mol. The van der Waals surface area contributed by atoms with Crippen LogP contribution in [-0.4, -0.2) is 48.3 Å². The highest BCUT2D eigenvalue weighted by Crippen LogP contribution is 2.25. The normalized spacial score (nSPS) is 26.2. The van der Waals surface area contributed by atoms with E-state index in [1.54, 1.807) is 0 Å². The van der Waals surface area contributed by atoms with E-state index >= 15 is 0 Å². The van der Waals surface area contributed by atoms with Crippen LogP contribution in [0.2, 0.25) is 0 Å². The van der Waals surface area contributed by atoms with E-state index in [1.165, 1.54) is 64.5 Å². The third-order valence-electron chi connectivity index (χ3n) is 4.95. The molecular weight excluding hydrogens is 236 g/mol. The van der Waals surface area contributed by atoms with Gasteiger partial charge in [0.2, 0.25) is 0 Å². The molecule has 19 heavy (non-hydrogen) atoms. The summed E-state index contributed by atoms with van der Waals surface area (Å²) in [5, 5.41) is 13.7. The van der Waals surface area contributed by atoms with Crippen LogP contribution >= 0.6 is 0 Å². The first-order valence-corrected chi connectivity index (χ1v) is 8.39. The first-order chi connectivity index (χ1) is 9.25. The molecule has 1 unspecified atom stereocenters. The average molecular weight is 268 g/mol. The van der Waals surface area contributed by atoms with Gasteiger partial charge in [0, 0.05) is 19.1 Å². The second-order valence-corrected chi connectivity index (χ2v) is 6.61. The molecule has 1 saturated carbocycles. The zero-order valence-corrected chi connectivity index (χ0v) is 12.6. The van der Waals surface area contributed by atoms with Crippen molar-refractivity contribution in [2.75, 3.05) is 26.2 Å². The maximum absolute atomic E-state index is 10.1. The van der Waals surface area contributed by atoms with Gasteiger partial charge in [-0.15, -0.1) is 0 Å². The van der Waals surface area contributed by atoms with Crippen molar-refractivity contribution < 1.29 is 5.11 Å². The van der Waals surface area contributed by atoms with Crippen molar-refractivity contribution in [2.24, 2.45) is 5.92 Å². The molecule has 0 aromatic heterocycles. The van der Waals surface area contributed by atoms with Gasteiger partial charge in [-0.3, -0.25) is 0 Å². The average Bonchev–Trinajstić information content (AvgIpc) is 2.76. The standard InChI is InChI=1S/C16H32N2O/c1-14(15-8-4-2-3-5-9-15)17-12-16(19)13-18-10-6-7-11-18/h14-17,19H,2-13H2,1H3/t14-,16?/m1/s1. The molecule has 2 fully saturated rings. The summed E-state index contributed by atoms with van der Waals surface area (Å²) in [6.45, 7) is 6.27. The second-order valence-electron chi connectivity index (χ2n) is 6.61. The molecule has 2 aliphatic rings. The van der Waals surface area contributed by atoms with E-state index in [1.807, 2.05) is 0 Å². The van der Waals surface area contributed by atoms with E-state index in [0.29, 0.717) is 6.04 Å². The number of aliphatic hydroxyl groups is 1. The molecule has 3 heteroatoms. The molecule has 1 saturated heterocycles. The summed E-state index contributed by atoms with van der Waals surface area (Å²) >= 11 is 0. The molecule has 2 rings (SSSR count). The van der Waals surface area contributed by atoms with Gasteiger partial charge in [-0.05, 0) is 51.6 Å². The zero-order valence-electron chi connectivity index (χ0n) is 12.6. The van der Waals surface area contributed by atoms with Gasteiger partial charge in [0.05, 0.1) is 6.10 Å². The molecule has 0 aromatic rings. The number of aliphatic hydroxyl groups excluding tert-OH is 1. The summed E-state index contributed by atoms with van der Waals surface area (Å²) in [7, 11) is 0. The van der Waals surface area contributed by atoms with E-state index in [4.69, 9.17) is 0 Å². The Morgan fingerprint density at radius 1 is 1.05 bits per heavy atom. The van der Waals surface area contributed by atoms with Crippen LogP contribution in [0, 0.1) is 5.92 Å². The fraction of sp³-hybridized carbons (Fsp3) is 1.00. The first kappa shape index (κ1) is 15.3. The summed E-state index contributed by atoms with van der Waals surface area (Å²) in [5.74, 6) is 0.821. The number of rotatable bonds is 6. The maximum Gasteiger partial charge on any atom is 0.0791 e. The van der Waals surface area contributed by atoms with Crippen molar-refractivity contribution >= 4 is 0 Å². The van der Waals surface area contributed by atoms with Crippen LogP contribution < -0.4 is 5.32 Å². The number of nitrogens with zero attached hydrogens (tertiary/aromatic N) is 1. The van der Waals surface area contributed by atoms with Crippen molar-refractivity contribution in [1.29, 1.82) is 0 Å². The van der Waals surface area contributed by atoms with E-state index in [0.717, 1.165) is 19.0 Å². The highest BCUT2D eigenvalue weighted by Gasteiger charge is 2.20. The van der Waals surface area contributed by atoms with Crippen molar-refractivity contribution in [3.8, 4) is 0 Å². The summed E-state index contributed by atoms with van der Waals surface area (Å²) in [4.78, 5) is 2.39. The second kappa shape index (κ2) is 8.23. The Kier molecular flexibility index (Phi) is 6.62. The molecule has 0 bridgehead atoms. The molecule has 0 radical (unpaired) electrons. The van der Waals surface area contributed by atoms with E-state index in [9.17, 15) is 5.11 Å². The van der Waals surface area contributed by atoms with Crippen LogP contribution in [-0.2, 0) is 0 Å². The minimum absolute atomic E-state index is 0.202. The zero-order chi connectivity index (χ0) is 13.5. The van der Waals surface area contributed by atoms with Gasteiger partial charge in [0.25, 0.3) is 0 Å². The van der Waals surface area contributed by atoms with Crippen molar-refractivity contribution in [3.05, 3.63) is 0 Å². The molecule has 2 atom stereocenters. The third kappa shape index (κ3) is 5.41. The highest BCUT2D eigenvalue weighted by molar-refractivity contribution is 4.77. The molecule has 112 valence electrons. The predicted octanol–water partition coefficient (Wildman–Crippen LogP) is 2.39. The van der Waals surface area contributed by atoms with Gasteiger partial charge in [0.1, 0.15) is 0 Å². The Balaban J connectivity index is 1.62. The number of hydrogen-bond acceptors (Lipinski definition) is 3. The highest BCUT2D eigenvalue weighted by atomic mass is 16.3. The van der Waals surface area contributed by atoms with Crippen molar-refractivity contribution in [1.82, 2.24) is 10.2 Å². The van der Waals surface area contributed by atoms with Crippen molar-refractivity contribution in [2.45, 2.75) is 70.4 Å². The maximum atomic E-state index is 10.1. The smallest absolute Gasteiger partial charge is 0.0791 e. The monoisotopic (exact) mass is 268 g/mol. The Bertz CT molecular complexity index is 233. The number of nitrogens with one attached hydrogen (secondary N) is 1. The van der Waals surface area contributed by atoms with Gasteiger partial charge in [-0.2, -0.15) is 0 Å². The lowest BCUT2D eigenvalue weighted by atomic mass is 9.93. The topological polar surface area (TPSA) is 35.5 Å². The van der Waals surface area contributed by atoms with Crippen LogP contribution in [0.25, 0.3) is 0 Å². The lowest BCUT2D eigenvalue weighted by Gasteiger charge is -2.26. The SMILES string of the molecule is C[C@@H](NCC(O)CN1CCCC1)C1CCCCCC1. The molecule has 0 aromatic carbocycles. The lowest BCUT2D eigenvalue weighted by Crippen LogP contribution is -2.42. The number of hydrogen-bond donors (Lipinski definition) is 2. The Morgan fingerprint density at radius 3 is 2.32 bits per heavy atom. The van der Waals surface area contributed by atoms with Crippen LogP contribution in [0.1, 0.15) is 58.3 Å². The molecule has 2 N–H and O–H groups in total. The molecular formula is C16H32N2O. The first-order valence-electron chi connectivity index (χ1n) is 8.39. The molecule has 0 amide bonds. The number of β-amino-alcohol motifs (C(OH)–C–C–N with tert-alkyl or cyclic N) is 1. The van der Waals surface area contributed by atoms with Gasteiger partial charge < -0.3 is 15.3 Å². The molecule has 1 aliphatic carbocycles. The van der Waals surface area contributed by atoms with Crippen LogP contribution in [0.15, 0.2) is 0 Å². The van der Waals surface area contributed by atoms with Gasteiger partial charge in [-0.25, -0.2) is 0 Å². The summed E-state index contributed by atoms with van der Waals surface area (Å²) < 4.78 is 0. The van der Waals surface area contributed by atoms with E-state index < -0.39 is 0 Å². The Labute approximate surface area is 118 Å². The van der Waals surface area contributed by atoms with Crippen LogP contribution in [0.3, 0.4) is 0 Å². The fourth-order valence-electron chi connectivity index (χ4n) is 3.63. The molecule has 0 spiro atoms.